The molecule has 0 atom stereocenters. The number of fused-ring (bicyclic) bond motifs is 1. The molecule has 1 aromatic heterocycles. The summed E-state index contributed by atoms with van der Waals surface area (Å²) in [5.41, 5.74) is 0.873. The van der Waals surface area contributed by atoms with E-state index in [1.165, 1.54) is 0 Å². The zero-order valence-corrected chi connectivity index (χ0v) is 10.3. The molecule has 1 heterocycles. The number of esters is 1. The quantitative estimate of drug-likeness (QED) is 0.771. The van der Waals surface area contributed by atoms with Crippen molar-refractivity contribution < 1.29 is 9.53 Å². The van der Waals surface area contributed by atoms with Crippen LogP contribution in [0.5, 0.6) is 0 Å². The summed E-state index contributed by atoms with van der Waals surface area (Å²) in [6, 6.07) is 10.0. The molecule has 0 saturated heterocycles. The molecule has 0 radical (unpaired) electrons. The summed E-state index contributed by atoms with van der Waals surface area (Å²) in [4.78, 5) is 15.5. The average Bonchev–Trinajstić information content (AvgIpc) is 2.39. The molecule has 1 aromatic carbocycles. The Morgan fingerprint density at radius 1 is 1.33 bits per heavy atom. The second kappa shape index (κ2) is 5.96. The maximum atomic E-state index is 11.2. The van der Waals surface area contributed by atoms with Gasteiger partial charge in [-0.2, -0.15) is 0 Å². The normalized spacial score (nSPS) is 10.9. The highest BCUT2D eigenvalue weighted by molar-refractivity contribution is 5.89. The molecule has 0 N–H and O–H groups in total. The number of rotatable bonds is 4. The molecule has 0 aliphatic rings. The van der Waals surface area contributed by atoms with Gasteiger partial charge in [0.1, 0.15) is 0 Å². The summed E-state index contributed by atoms with van der Waals surface area (Å²) in [6.45, 7) is 2.22. The minimum atomic E-state index is -0.214. The molecule has 2 aromatic rings. The van der Waals surface area contributed by atoms with E-state index >= 15 is 0 Å². The van der Waals surface area contributed by atoms with Gasteiger partial charge in [-0.05, 0) is 24.5 Å². The summed E-state index contributed by atoms with van der Waals surface area (Å²) in [5, 5.41) is 2.23. The Morgan fingerprint density at radius 3 is 3.00 bits per heavy atom. The molecule has 92 valence electrons. The third-order valence-corrected chi connectivity index (χ3v) is 2.57. The van der Waals surface area contributed by atoms with Crippen molar-refractivity contribution in [2.75, 3.05) is 6.61 Å². The van der Waals surface area contributed by atoms with Crippen LogP contribution in [0.3, 0.4) is 0 Å². The summed E-state index contributed by atoms with van der Waals surface area (Å²) < 4.78 is 4.86. The lowest BCUT2D eigenvalue weighted by atomic mass is 10.1. The molecular formula is C15H15NO2. The van der Waals surface area contributed by atoms with Gasteiger partial charge in [0, 0.05) is 11.6 Å². The Labute approximate surface area is 106 Å². The van der Waals surface area contributed by atoms with Crippen LogP contribution in [0.1, 0.15) is 19.0 Å². The van der Waals surface area contributed by atoms with E-state index in [0.717, 1.165) is 16.5 Å². The van der Waals surface area contributed by atoms with Crippen LogP contribution in [0.4, 0.5) is 0 Å². The van der Waals surface area contributed by atoms with Crippen molar-refractivity contribution in [2.24, 2.45) is 0 Å². The smallest absolute Gasteiger partial charge is 0.309 e. The number of carbonyl (C=O) groups excluding carboxylic acids is 1. The molecular weight excluding hydrogens is 226 g/mol. The van der Waals surface area contributed by atoms with Crippen molar-refractivity contribution in [2.45, 2.75) is 13.3 Å². The van der Waals surface area contributed by atoms with Crippen molar-refractivity contribution in [3.05, 3.63) is 48.3 Å². The molecule has 3 heteroatoms. The lowest BCUT2D eigenvalue weighted by Crippen LogP contribution is -2.01. The van der Waals surface area contributed by atoms with E-state index in [1.54, 1.807) is 19.2 Å². The fourth-order valence-corrected chi connectivity index (χ4v) is 1.76. The van der Waals surface area contributed by atoms with Crippen LogP contribution in [-0.2, 0) is 9.53 Å². The first-order valence-corrected chi connectivity index (χ1v) is 5.97. The highest BCUT2D eigenvalue weighted by Gasteiger charge is 1.99. The van der Waals surface area contributed by atoms with Crippen LogP contribution in [0.2, 0.25) is 0 Å². The van der Waals surface area contributed by atoms with E-state index in [9.17, 15) is 4.79 Å². The van der Waals surface area contributed by atoms with Gasteiger partial charge in [0.15, 0.2) is 0 Å². The van der Waals surface area contributed by atoms with Crippen molar-refractivity contribution in [3.63, 3.8) is 0 Å². The van der Waals surface area contributed by atoms with Crippen molar-refractivity contribution >= 4 is 22.8 Å². The van der Waals surface area contributed by atoms with Crippen molar-refractivity contribution in [1.82, 2.24) is 4.98 Å². The van der Waals surface area contributed by atoms with Gasteiger partial charge in [0.05, 0.1) is 18.7 Å². The molecule has 0 amide bonds. The standard InChI is InChI=1S/C15H15NO2/c1-2-18-15(17)9-5-8-14-13-7-4-3-6-12(13)10-11-16-14/h3-8,10-11H,2,9H2,1H3. The summed E-state index contributed by atoms with van der Waals surface area (Å²) in [7, 11) is 0. The van der Waals surface area contributed by atoms with Gasteiger partial charge in [-0.25, -0.2) is 0 Å². The van der Waals surface area contributed by atoms with Crippen molar-refractivity contribution in [3.8, 4) is 0 Å². The highest BCUT2D eigenvalue weighted by Crippen LogP contribution is 2.17. The van der Waals surface area contributed by atoms with Gasteiger partial charge >= 0.3 is 5.97 Å². The summed E-state index contributed by atoms with van der Waals surface area (Å²) in [5.74, 6) is -0.214. The van der Waals surface area contributed by atoms with Crippen LogP contribution in [0.15, 0.2) is 42.6 Å². The molecule has 0 aliphatic heterocycles. The monoisotopic (exact) mass is 241 g/mol. The zero-order chi connectivity index (χ0) is 12.8. The minimum Gasteiger partial charge on any atom is -0.466 e. The number of ether oxygens (including phenoxy) is 1. The van der Waals surface area contributed by atoms with E-state index in [1.807, 2.05) is 36.4 Å². The maximum Gasteiger partial charge on any atom is 0.309 e. The predicted molar refractivity (Wildman–Crippen MR) is 72.0 cm³/mol. The topological polar surface area (TPSA) is 39.2 Å². The molecule has 0 unspecified atom stereocenters. The Balaban J connectivity index is 2.16. The number of benzene rings is 1. The lowest BCUT2D eigenvalue weighted by molar-refractivity contribution is -0.142. The number of aromatic nitrogens is 1. The van der Waals surface area contributed by atoms with Gasteiger partial charge in [0.2, 0.25) is 0 Å². The first-order chi connectivity index (χ1) is 8.81. The molecule has 18 heavy (non-hydrogen) atoms. The average molecular weight is 241 g/mol. The van der Waals surface area contributed by atoms with E-state index in [4.69, 9.17) is 4.74 Å². The number of carbonyl (C=O) groups is 1. The third-order valence-electron chi connectivity index (χ3n) is 2.57. The number of nitrogens with zero attached hydrogens (tertiary/aromatic N) is 1. The summed E-state index contributed by atoms with van der Waals surface area (Å²) >= 11 is 0. The fourth-order valence-electron chi connectivity index (χ4n) is 1.76. The Morgan fingerprint density at radius 2 is 2.17 bits per heavy atom. The molecule has 0 spiro atoms. The van der Waals surface area contributed by atoms with Gasteiger partial charge in [-0.15, -0.1) is 0 Å². The van der Waals surface area contributed by atoms with Crippen LogP contribution >= 0.6 is 0 Å². The van der Waals surface area contributed by atoms with Crippen LogP contribution in [0.25, 0.3) is 16.8 Å². The summed E-state index contributed by atoms with van der Waals surface area (Å²) in [6.07, 6.45) is 5.69. The van der Waals surface area contributed by atoms with Crippen LogP contribution in [0, 0.1) is 0 Å². The first-order valence-electron chi connectivity index (χ1n) is 5.97. The molecule has 0 aliphatic carbocycles. The van der Waals surface area contributed by atoms with E-state index in [-0.39, 0.29) is 12.4 Å². The Hall–Kier alpha value is -2.16. The molecule has 0 bridgehead atoms. The Bertz CT molecular complexity index is 570. The predicted octanol–water partition coefficient (Wildman–Crippen LogP) is 3.20. The number of pyridine rings is 1. The van der Waals surface area contributed by atoms with Crippen molar-refractivity contribution in [1.29, 1.82) is 0 Å². The number of hydrogen-bond acceptors (Lipinski definition) is 3. The lowest BCUT2D eigenvalue weighted by Gasteiger charge is -2.00. The van der Waals surface area contributed by atoms with E-state index in [0.29, 0.717) is 6.61 Å². The van der Waals surface area contributed by atoms with E-state index in [2.05, 4.69) is 4.98 Å². The highest BCUT2D eigenvalue weighted by atomic mass is 16.5. The molecule has 0 fully saturated rings. The van der Waals surface area contributed by atoms with Crippen LogP contribution < -0.4 is 0 Å². The molecule has 2 rings (SSSR count). The molecule has 3 nitrogen and oxygen atoms in total. The van der Waals surface area contributed by atoms with Crippen LogP contribution in [-0.4, -0.2) is 17.6 Å². The Kier molecular flexibility index (Phi) is 4.07. The SMILES string of the molecule is CCOC(=O)CC=Cc1nccc2ccccc12. The van der Waals surface area contributed by atoms with Gasteiger partial charge in [-0.3, -0.25) is 9.78 Å². The first kappa shape index (κ1) is 12.3. The second-order valence-electron chi connectivity index (χ2n) is 3.83. The second-order valence-corrected chi connectivity index (χ2v) is 3.83. The minimum absolute atomic E-state index is 0.214. The fraction of sp³-hybridized carbons (Fsp3) is 0.200. The van der Waals surface area contributed by atoms with Gasteiger partial charge in [-0.1, -0.05) is 30.3 Å². The third kappa shape index (κ3) is 2.94. The largest absolute Gasteiger partial charge is 0.466 e. The number of hydrogen-bond donors (Lipinski definition) is 0. The molecule has 0 saturated carbocycles. The van der Waals surface area contributed by atoms with Gasteiger partial charge in [0.25, 0.3) is 0 Å². The van der Waals surface area contributed by atoms with Gasteiger partial charge < -0.3 is 4.74 Å². The zero-order valence-electron chi connectivity index (χ0n) is 10.3. The van der Waals surface area contributed by atoms with E-state index < -0.39 is 0 Å². The maximum absolute atomic E-state index is 11.2.